The first kappa shape index (κ1) is 7.90. The molecule has 3 heteroatoms. The van der Waals surface area contributed by atoms with Crippen LogP contribution >= 0.6 is 0 Å². The Morgan fingerprint density at radius 2 is 2.25 bits per heavy atom. The average Bonchev–Trinajstić information content (AvgIpc) is 2.27. The summed E-state index contributed by atoms with van der Waals surface area (Å²) in [6, 6.07) is 0.386. The molecule has 1 spiro atoms. The second-order valence-corrected chi connectivity index (χ2v) is 4.35. The summed E-state index contributed by atoms with van der Waals surface area (Å²) < 4.78 is 5.49. The quantitative estimate of drug-likeness (QED) is 0.638. The summed E-state index contributed by atoms with van der Waals surface area (Å²) in [5.41, 5.74) is 5.48. The van der Waals surface area contributed by atoms with E-state index in [1.54, 1.807) is 0 Å². The number of ether oxygens (including phenoxy) is 1. The van der Waals surface area contributed by atoms with Crippen molar-refractivity contribution >= 4 is 6.02 Å². The number of hydrogen-bond donors (Lipinski definition) is 1. The minimum Gasteiger partial charge on any atom is -0.457 e. The van der Waals surface area contributed by atoms with Gasteiger partial charge in [0, 0.05) is 0 Å². The Bertz CT molecular complexity index is 217. The van der Waals surface area contributed by atoms with Crippen LogP contribution in [0.5, 0.6) is 0 Å². The largest absolute Gasteiger partial charge is 0.457 e. The number of nitrogens with zero attached hydrogens (tertiary/aromatic N) is 1. The topological polar surface area (TPSA) is 47.6 Å². The molecule has 0 aromatic heterocycles. The van der Waals surface area contributed by atoms with E-state index >= 15 is 0 Å². The molecule has 0 bridgehead atoms. The van der Waals surface area contributed by atoms with Crippen LogP contribution in [0.25, 0.3) is 0 Å². The lowest BCUT2D eigenvalue weighted by Gasteiger charge is -2.45. The van der Waals surface area contributed by atoms with Gasteiger partial charge >= 0.3 is 0 Å². The molecule has 12 heavy (non-hydrogen) atoms. The highest BCUT2D eigenvalue weighted by molar-refractivity contribution is 5.73. The van der Waals surface area contributed by atoms with E-state index < -0.39 is 0 Å². The third-order valence-electron chi connectivity index (χ3n) is 3.06. The summed E-state index contributed by atoms with van der Waals surface area (Å²) in [6.45, 7) is 5.30. The number of rotatable bonds is 1. The van der Waals surface area contributed by atoms with Crippen molar-refractivity contribution in [2.24, 2.45) is 22.6 Å². The number of nitrogens with two attached hydrogens (primary N) is 1. The SMILES string of the molecule is CC(C)C1CC2(CN=C(N)O2)C1. The molecule has 0 amide bonds. The molecule has 0 aromatic carbocycles. The molecule has 68 valence electrons. The van der Waals surface area contributed by atoms with Gasteiger partial charge in [-0.15, -0.1) is 0 Å². The summed E-state index contributed by atoms with van der Waals surface area (Å²) in [5, 5.41) is 0. The molecule has 2 rings (SSSR count). The maximum Gasteiger partial charge on any atom is 0.282 e. The van der Waals surface area contributed by atoms with Crippen LogP contribution in [0.4, 0.5) is 0 Å². The fourth-order valence-corrected chi connectivity index (χ4v) is 2.09. The van der Waals surface area contributed by atoms with E-state index in [4.69, 9.17) is 10.5 Å². The minimum absolute atomic E-state index is 0.0129. The third kappa shape index (κ3) is 1.08. The molecule has 1 saturated carbocycles. The van der Waals surface area contributed by atoms with Gasteiger partial charge in [-0.3, -0.25) is 0 Å². The van der Waals surface area contributed by atoms with Gasteiger partial charge in [-0.25, -0.2) is 4.99 Å². The Kier molecular flexibility index (Phi) is 1.56. The molecule has 3 nitrogen and oxygen atoms in total. The summed E-state index contributed by atoms with van der Waals surface area (Å²) in [5.74, 6) is 1.58. The van der Waals surface area contributed by atoms with Crippen molar-refractivity contribution in [2.45, 2.75) is 32.3 Å². The number of aliphatic imine (C=N–C) groups is 1. The van der Waals surface area contributed by atoms with E-state index in [1.165, 1.54) is 0 Å². The summed E-state index contributed by atoms with van der Waals surface area (Å²) in [7, 11) is 0. The first-order valence-electron chi connectivity index (χ1n) is 4.60. The van der Waals surface area contributed by atoms with Crippen LogP contribution in [0.15, 0.2) is 4.99 Å². The Hall–Kier alpha value is -0.730. The predicted octanol–water partition coefficient (Wildman–Crippen LogP) is 1.14. The zero-order valence-corrected chi connectivity index (χ0v) is 7.71. The molecule has 0 aromatic rings. The summed E-state index contributed by atoms with van der Waals surface area (Å²) in [6.07, 6.45) is 2.27. The van der Waals surface area contributed by atoms with Crippen LogP contribution in [-0.4, -0.2) is 18.2 Å². The molecule has 1 aliphatic carbocycles. The highest BCUT2D eigenvalue weighted by atomic mass is 16.5. The fraction of sp³-hybridized carbons (Fsp3) is 0.889. The van der Waals surface area contributed by atoms with Crippen molar-refractivity contribution in [3.63, 3.8) is 0 Å². The lowest BCUT2D eigenvalue weighted by Crippen LogP contribution is -2.49. The van der Waals surface area contributed by atoms with Gasteiger partial charge in [-0.05, 0) is 24.7 Å². The van der Waals surface area contributed by atoms with Gasteiger partial charge in [0.05, 0.1) is 6.54 Å². The lowest BCUT2D eigenvalue weighted by atomic mass is 9.66. The Morgan fingerprint density at radius 1 is 1.58 bits per heavy atom. The van der Waals surface area contributed by atoms with E-state index in [-0.39, 0.29) is 5.60 Å². The highest BCUT2D eigenvalue weighted by Gasteiger charge is 2.50. The predicted molar refractivity (Wildman–Crippen MR) is 47.9 cm³/mol. The first-order chi connectivity index (χ1) is 5.61. The van der Waals surface area contributed by atoms with Crippen molar-refractivity contribution in [1.82, 2.24) is 0 Å². The van der Waals surface area contributed by atoms with Crippen molar-refractivity contribution in [2.75, 3.05) is 6.54 Å². The molecule has 0 unspecified atom stereocenters. The maximum atomic E-state index is 5.49. The molecule has 2 N–H and O–H groups in total. The maximum absolute atomic E-state index is 5.49. The van der Waals surface area contributed by atoms with Gasteiger partial charge in [-0.1, -0.05) is 13.8 Å². The van der Waals surface area contributed by atoms with Crippen LogP contribution in [0.3, 0.4) is 0 Å². The van der Waals surface area contributed by atoms with Gasteiger partial charge in [0.15, 0.2) is 0 Å². The molecule has 1 aliphatic heterocycles. The van der Waals surface area contributed by atoms with Crippen LogP contribution in [0.1, 0.15) is 26.7 Å². The van der Waals surface area contributed by atoms with Crippen LogP contribution in [-0.2, 0) is 4.74 Å². The van der Waals surface area contributed by atoms with E-state index in [9.17, 15) is 0 Å². The van der Waals surface area contributed by atoms with E-state index in [0.717, 1.165) is 31.2 Å². The number of amidine groups is 1. The molecule has 0 atom stereocenters. The monoisotopic (exact) mass is 168 g/mol. The van der Waals surface area contributed by atoms with Gasteiger partial charge in [0.1, 0.15) is 5.60 Å². The average molecular weight is 168 g/mol. The van der Waals surface area contributed by atoms with Crippen LogP contribution < -0.4 is 5.73 Å². The van der Waals surface area contributed by atoms with Crippen molar-refractivity contribution in [3.05, 3.63) is 0 Å². The molecular formula is C9H16N2O. The summed E-state index contributed by atoms with van der Waals surface area (Å²) in [4.78, 5) is 4.08. The third-order valence-corrected chi connectivity index (χ3v) is 3.06. The molecule has 1 fully saturated rings. The molecule has 0 saturated heterocycles. The molecule has 0 radical (unpaired) electrons. The smallest absolute Gasteiger partial charge is 0.282 e. The molecule has 1 heterocycles. The zero-order valence-electron chi connectivity index (χ0n) is 7.71. The Balaban J connectivity index is 1.89. The minimum atomic E-state index is 0.0129. The van der Waals surface area contributed by atoms with Crippen molar-refractivity contribution < 1.29 is 4.74 Å². The second-order valence-electron chi connectivity index (χ2n) is 4.35. The molecular weight excluding hydrogens is 152 g/mol. The van der Waals surface area contributed by atoms with Gasteiger partial charge in [-0.2, -0.15) is 0 Å². The van der Waals surface area contributed by atoms with E-state index in [0.29, 0.717) is 6.02 Å². The van der Waals surface area contributed by atoms with Crippen LogP contribution in [0.2, 0.25) is 0 Å². The van der Waals surface area contributed by atoms with Crippen molar-refractivity contribution in [3.8, 4) is 0 Å². The fourth-order valence-electron chi connectivity index (χ4n) is 2.09. The second kappa shape index (κ2) is 2.38. The Morgan fingerprint density at radius 3 is 2.67 bits per heavy atom. The molecule has 2 aliphatic rings. The standard InChI is InChI=1S/C9H16N2O/c1-6(2)7-3-9(4-7)5-11-8(10)12-9/h6-7H,3-5H2,1-2H3,(H2,10,11). The zero-order chi connectivity index (χ0) is 8.77. The van der Waals surface area contributed by atoms with E-state index in [2.05, 4.69) is 18.8 Å². The highest BCUT2D eigenvalue weighted by Crippen LogP contribution is 2.46. The van der Waals surface area contributed by atoms with E-state index in [1.807, 2.05) is 0 Å². The Labute approximate surface area is 73.0 Å². The van der Waals surface area contributed by atoms with Gasteiger partial charge in [0.25, 0.3) is 6.02 Å². The van der Waals surface area contributed by atoms with Gasteiger partial charge < -0.3 is 10.5 Å². The first-order valence-corrected chi connectivity index (χ1v) is 4.60. The number of hydrogen-bond acceptors (Lipinski definition) is 3. The normalized spacial score (nSPS) is 39.6. The lowest BCUT2D eigenvalue weighted by molar-refractivity contribution is -0.0531. The van der Waals surface area contributed by atoms with Gasteiger partial charge in [0.2, 0.25) is 0 Å². The van der Waals surface area contributed by atoms with Crippen LogP contribution in [0, 0.1) is 11.8 Å². The summed E-state index contributed by atoms with van der Waals surface area (Å²) >= 11 is 0. The van der Waals surface area contributed by atoms with Crippen molar-refractivity contribution in [1.29, 1.82) is 0 Å².